The Hall–Kier alpha value is -4.08. The van der Waals surface area contributed by atoms with E-state index in [2.05, 4.69) is 10.6 Å². The van der Waals surface area contributed by atoms with E-state index >= 15 is 0 Å². The monoisotopic (exact) mass is 637 g/mol. The van der Waals surface area contributed by atoms with Gasteiger partial charge in [-0.25, -0.2) is 9.59 Å². The number of amides is 3. The summed E-state index contributed by atoms with van der Waals surface area (Å²) < 4.78 is 11.2. The van der Waals surface area contributed by atoms with Gasteiger partial charge in [-0.2, -0.15) is 0 Å². The van der Waals surface area contributed by atoms with Gasteiger partial charge in [0.15, 0.2) is 0 Å². The minimum absolute atomic E-state index is 0.00390. The number of phenols is 1. The number of hydrogen-bond donors (Lipinski definition) is 3. The molecule has 10 heteroatoms. The maximum Gasteiger partial charge on any atom is 0.408 e. The van der Waals surface area contributed by atoms with Gasteiger partial charge in [-0.05, 0) is 90.0 Å². The van der Waals surface area contributed by atoms with E-state index in [1.165, 1.54) is 12.1 Å². The fraction of sp³-hybridized carbons (Fsp3) is 0.556. The highest BCUT2D eigenvalue weighted by molar-refractivity contribution is 5.94. The van der Waals surface area contributed by atoms with Gasteiger partial charge in [-0.1, -0.05) is 62.7 Å². The summed E-state index contributed by atoms with van der Waals surface area (Å²) in [5.41, 5.74) is -0.286. The zero-order valence-electron chi connectivity index (χ0n) is 28.5. The van der Waals surface area contributed by atoms with Crippen LogP contribution >= 0.6 is 0 Å². The molecule has 3 N–H and O–H groups in total. The van der Waals surface area contributed by atoms with Crippen LogP contribution in [0, 0.1) is 5.92 Å². The number of nitrogens with one attached hydrogen (secondary N) is 2. The first kappa shape index (κ1) is 36.4. The highest BCUT2D eigenvalue weighted by Gasteiger charge is 2.44. The Labute approximate surface area is 273 Å². The van der Waals surface area contributed by atoms with E-state index in [1.54, 1.807) is 58.6 Å². The molecule has 0 aliphatic heterocycles. The second-order valence-corrected chi connectivity index (χ2v) is 14.1. The fourth-order valence-corrected chi connectivity index (χ4v) is 5.22. The predicted octanol–water partition coefficient (Wildman–Crippen LogP) is 5.82. The molecular weight excluding hydrogens is 586 g/mol. The molecule has 1 aliphatic rings. The molecule has 10 nitrogen and oxygen atoms in total. The van der Waals surface area contributed by atoms with Crippen LogP contribution in [0.1, 0.15) is 98.2 Å². The molecule has 3 amide bonds. The summed E-state index contributed by atoms with van der Waals surface area (Å²) in [4.78, 5) is 57.0. The van der Waals surface area contributed by atoms with Crippen LogP contribution in [0.25, 0.3) is 0 Å². The van der Waals surface area contributed by atoms with Crippen LogP contribution in [0.4, 0.5) is 4.79 Å². The maximum absolute atomic E-state index is 14.6. The Morgan fingerprint density at radius 1 is 0.891 bits per heavy atom. The van der Waals surface area contributed by atoms with Crippen molar-refractivity contribution in [3.8, 4) is 5.75 Å². The first-order chi connectivity index (χ1) is 21.5. The second-order valence-electron chi connectivity index (χ2n) is 14.1. The van der Waals surface area contributed by atoms with Crippen molar-refractivity contribution in [1.29, 1.82) is 0 Å². The van der Waals surface area contributed by atoms with Crippen LogP contribution in [0.2, 0.25) is 0 Å². The lowest BCUT2D eigenvalue weighted by molar-refractivity contribution is -0.159. The number of benzene rings is 2. The molecule has 2 aromatic carbocycles. The van der Waals surface area contributed by atoms with Gasteiger partial charge >= 0.3 is 12.1 Å². The molecule has 0 saturated heterocycles. The van der Waals surface area contributed by atoms with Crippen molar-refractivity contribution in [2.75, 3.05) is 0 Å². The number of ether oxygens (including phenoxy) is 2. The number of aromatic hydroxyl groups is 1. The number of alkyl carbamates (subject to hydrolysis) is 1. The third-order valence-electron chi connectivity index (χ3n) is 7.90. The number of esters is 1. The molecule has 46 heavy (non-hydrogen) atoms. The minimum atomic E-state index is -1.16. The van der Waals surface area contributed by atoms with E-state index in [1.807, 2.05) is 44.2 Å². The Morgan fingerprint density at radius 2 is 1.48 bits per heavy atom. The molecule has 0 aromatic heterocycles. The van der Waals surface area contributed by atoms with Crippen LogP contribution < -0.4 is 10.6 Å². The summed E-state index contributed by atoms with van der Waals surface area (Å²) in [6, 6.07) is 12.0. The van der Waals surface area contributed by atoms with Crippen molar-refractivity contribution in [2.45, 2.75) is 123 Å². The number of hydrogen-bond acceptors (Lipinski definition) is 7. The summed E-state index contributed by atoms with van der Waals surface area (Å²) >= 11 is 0. The van der Waals surface area contributed by atoms with Gasteiger partial charge in [0.1, 0.15) is 35.1 Å². The second kappa shape index (κ2) is 15.5. The van der Waals surface area contributed by atoms with Crippen molar-refractivity contribution in [3.05, 3.63) is 65.7 Å². The number of rotatable bonds is 12. The number of carbonyl (C=O) groups is 4. The average Bonchev–Trinajstić information content (AvgIpc) is 2.93. The van der Waals surface area contributed by atoms with E-state index in [0.29, 0.717) is 24.8 Å². The van der Waals surface area contributed by atoms with E-state index in [9.17, 15) is 24.3 Å². The Balaban J connectivity index is 2.06. The number of carbonyl (C=O) groups excluding carboxylic acids is 4. The molecule has 0 heterocycles. The zero-order chi connectivity index (χ0) is 34.2. The van der Waals surface area contributed by atoms with E-state index in [-0.39, 0.29) is 24.1 Å². The van der Waals surface area contributed by atoms with Crippen LogP contribution in [0.3, 0.4) is 0 Å². The highest BCUT2D eigenvalue weighted by atomic mass is 16.6. The Bertz CT molecular complexity index is 1330. The molecule has 0 spiro atoms. The van der Waals surface area contributed by atoms with Crippen LogP contribution in [0.5, 0.6) is 5.75 Å². The lowest BCUT2D eigenvalue weighted by Gasteiger charge is -2.44. The van der Waals surface area contributed by atoms with E-state index in [4.69, 9.17) is 9.47 Å². The van der Waals surface area contributed by atoms with Crippen LogP contribution in [0.15, 0.2) is 54.6 Å². The third-order valence-corrected chi connectivity index (χ3v) is 7.90. The topological polar surface area (TPSA) is 134 Å². The summed E-state index contributed by atoms with van der Waals surface area (Å²) in [6.07, 6.45) is 2.26. The van der Waals surface area contributed by atoms with Crippen molar-refractivity contribution in [2.24, 2.45) is 5.92 Å². The Morgan fingerprint density at radius 3 is 1.98 bits per heavy atom. The maximum atomic E-state index is 14.6. The lowest BCUT2D eigenvalue weighted by atomic mass is 9.86. The molecule has 1 fully saturated rings. The minimum Gasteiger partial charge on any atom is -0.508 e. The molecular formula is C36H51N3O7. The molecule has 3 rings (SSSR count). The summed E-state index contributed by atoms with van der Waals surface area (Å²) in [5.74, 6) is -1.87. The van der Waals surface area contributed by atoms with Gasteiger partial charge in [0.25, 0.3) is 0 Å². The van der Waals surface area contributed by atoms with E-state index < -0.39 is 53.2 Å². The third kappa shape index (κ3) is 10.5. The Kier molecular flexibility index (Phi) is 12.2. The average molecular weight is 638 g/mol. The molecule has 0 bridgehead atoms. The number of nitrogens with zero attached hydrogens (tertiary/aromatic N) is 1. The molecule has 4 atom stereocenters. The van der Waals surface area contributed by atoms with Crippen LogP contribution in [-0.4, -0.2) is 63.2 Å². The first-order valence-electron chi connectivity index (χ1n) is 16.2. The van der Waals surface area contributed by atoms with Gasteiger partial charge in [0, 0.05) is 12.5 Å². The van der Waals surface area contributed by atoms with Gasteiger partial charge in [-0.3, -0.25) is 9.59 Å². The van der Waals surface area contributed by atoms with Crippen molar-refractivity contribution in [3.63, 3.8) is 0 Å². The molecule has 4 unspecified atom stereocenters. The SMILES string of the molecule is CCC(C)C(NC(=O)OC(C)(C)C)C(=O)N(C1CCC1)C(C(=O)NC(Cc1ccccc1)C(=O)OC(C)(C)C)c1ccc(O)cc1. The zero-order valence-corrected chi connectivity index (χ0v) is 28.5. The molecule has 1 saturated carbocycles. The molecule has 1 aliphatic carbocycles. The quantitative estimate of drug-likeness (QED) is 0.250. The summed E-state index contributed by atoms with van der Waals surface area (Å²) in [6.45, 7) is 14.3. The molecule has 252 valence electrons. The van der Waals surface area contributed by atoms with Gasteiger partial charge in [-0.15, -0.1) is 0 Å². The van der Waals surface area contributed by atoms with Gasteiger partial charge < -0.3 is 30.1 Å². The molecule has 0 radical (unpaired) electrons. The van der Waals surface area contributed by atoms with Crippen molar-refractivity contribution >= 4 is 23.9 Å². The van der Waals surface area contributed by atoms with Gasteiger partial charge in [0.05, 0.1) is 0 Å². The fourth-order valence-electron chi connectivity index (χ4n) is 5.22. The smallest absolute Gasteiger partial charge is 0.408 e. The molecule has 2 aromatic rings. The standard InChI is InChI=1S/C36H51N3O7/c1-9-23(2)29(38-34(44)46-36(6,7)8)32(42)39(26-16-13-17-26)30(25-18-20-27(40)21-19-25)31(41)37-28(33(43)45-35(3,4)5)22-24-14-11-10-12-15-24/h10-12,14-15,18-21,23,26,28-30,40H,9,13,16-17,22H2,1-8H3,(H,37,41)(H,38,44). The van der Waals surface area contributed by atoms with Crippen LogP contribution in [-0.2, 0) is 30.3 Å². The normalized spacial score (nSPS) is 16.2. The summed E-state index contributed by atoms with van der Waals surface area (Å²) in [5, 5.41) is 15.8. The van der Waals surface area contributed by atoms with Gasteiger partial charge in [0.2, 0.25) is 11.8 Å². The number of phenolic OH excluding ortho intramolecular Hbond substituents is 1. The van der Waals surface area contributed by atoms with Crippen molar-refractivity contribution < 1.29 is 33.8 Å². The largest absolute Gasteiger partial charge is 0.508 e. The lowest BCUT2D eigenvalue weighted by Crippen LogP contribution is -2.60. The highest BCUT2D eigenvalue weighted by Crippen LogP contribution is 2.35. The summed E-state index contributed by atoms with van der Waals surface area (Å²) in [7, 11) is 0. The van der Waals surface area contributed by atoms with E-state index in [0.717, 1.165) is 12.0 Å². The first-order valence-corrected chi connectivity index (χ1v) is 16.2. The van der Waals surface area contributed by atoms with Crippen molar-refractivity contribution in [1.82, 2.24) is 15.5 Å². The predicted molar refractivity (Wildman–Crippen MR) is 176 cm³/mol.